The number of benzene rings is 2. The summed E-state index contributed by atoms with van der Waals surface area (Å²) in [6, 6.07) is 15.3. The van der Waals surface area contributed by atoms with E-state index in [2.05, 4.69) is 10.6 Å². The molecule has 0 fully saturated rings. The van der Waals surface area contributed by atoms with Gasteiger partial charge in [0.05, 0.1) is 5.69 Å². The Morgan fingerprint density at radius 1 is 1.13 bits per heavy atom. The van der Waals surface area contributed by atoms with Gasteiger partial charge in [-0.3, -0.25) is 4.79 Å². The Kier molecular flexibility index (Phi) is 7.59. The Morgan fingerprint density at radius 2 is 1.78 bits per heavy atom. The van der Waals surface area contributed by atoms with Crippen LogP contribution in [-0.2, 0) is 4.79 Å². The zero-order valence-corrected chi connectivity index (χ0v) is 14.4. The molecule has 0 aliphatic heterocycles. The number of carbonyl (C=O) groups excluding carboxylic acids is 1. The molecule has 23 heavy (non-hydrogen) atoms. The van der Waals surface area contributed by atoms with Crippen molar-refractivity contribution < 1.29 is 9.53 Å². The predicted octanol–water partition coefficient (Wildman–Crippen LogP) is 4.00. The maximum Gasteiger partial charge on any atom is 0.228 e. The lowest BCUT2D eigenvalue weighted by atomic mass is 10.1. The monoisotopic (exact) mass is 334 g/mol. The quantitative estimate of drug-likeness (QED) is 0.839. The first-order valence-electron chi connectivity index (χ1n) is 7.39. The summed E-state index contributed by atoms with van der Waals surface area (Å²) in [5, 5.41) is 5.92. The summed E-state index contributed by atoms with van der Waals surface area (Å²) in [6.45, 7) is 4.54. The van der Waals surface area contributed by atoms with Crippen LogP contribution in [0.25, 0.3) is 0 Å². The summed E-state index contributed by atoms with van der Waals surface area (Å²) in [5.74, 6) is 1.23. The molecule has 0 bridgehead atoms. The van der Waals surface area contributed by atoms with Crippen molar-refractivity contribution in [2.24, 2.45) is 5.92 Å². The lowest BCUT2D eigenvalue weighted by Gasteiger charge is -2.15. The van der Waals surface area contributed by atoms with Crippen molar-refractivity contribution in [1.82, 2.24) is 5.32 Å². The van der Waals surface area contributed by atoms with E-state index < -0.39 is 0 Å². The second-order valence-electron chi connectivity index (χ2n) is 5.36. The van der Waals surface area contributed by atoms with Gasteiger partial charge in [0, 0.05) is 12.5 Å². The van der Waals surface area contributed by atoms with E-state index in [1.54, 1.807) is 0 Å². The molecule has 2 aromatic carbocycles. The molecule has 1 atom stereocenters. The van der Waals surface area contributed by atoms with E-state index in [-0.39, 0.29) is 24.2 Å². The van der Waals surface area contributed by atoms with Gasteiger partial charge in [-0.1, -0.05) is 36.8 Å². The van der Waals surface area contributed by atoms with Gasteiger partial charge in [-0.2, -0.15) is 0 Å². The molecule has 1 unspecified atom stereocenters. The maximum absolute atomic E-state index is 12.1. The molecule has 4 nitrogen and oxygen atoms in total. The second-order valence-corrected chi connectivity index (χ2v) is 5.36. The van der Waals surface area contributed by atoms with Crippen LogP contribution in [0.3, 0.4) is 0 Å². The summed E-state index contributed by atoms with van der Waals surface area (Å²) >= 11 is 0. The smallest absolute Gasteiger partial charge is 0.228 e. The first-order valence-corrected chi connectivity index (χ1v) is 7.39. The van der Waals surface area contributed by atoms with Crippen molar-refractivity contribution in [3.8, 4) is 11.5 Å². The third-order valence-electron chi connectivity index (χ3n) is 3.35. The number of rotatable bonds is 6. The number of amides is 1. The number of hydrogen-bond donors (Lipinski definition) is 2. The highest BCUT2D eigenvalue weighted by molar-refractivity contribution is 5.93. The van der Waals surface area contributed by atoms with E-state index in [1.807, 2.05) is 69.4 Å². The summed E-state index contributed by atoms with van der Waals surface area (Å²) in [5.41, 5.74) is 1.85. The van der Waals surface area contributed by atoms with Crippen molar-refractivity contribution in [3.05, 3.63) is 54.1 Å². The lowest BCUT2D eigenvalue weighted by molar-refractivity contribution is -0.119. The first-order chi connectivity index (χ1) is 10.6. The van der Waals surface area contributed by atoms with Crippen LogP contribution in [0.1, 0.15) is 12.5 Å². The number of anilines is 1. The normalized spacial score (nSPS) is 11.3. The first kappa shape index (κ1) is 19.0. The van der Waals surface area contributed by atoms with Crippen molar-refractivity contribution in [1.29, 1.82) is 0 Å². The van der Waals surface area contributed by atoms with Gasteiger partial charge in [-0.15, -0.1) is 12.4 Å². The third-order valence-corrected chi connectivity index (χ3v) is 3.35. The minimum atomic E-state index is -0.113. The Labute approximate surface area is 143 Å². The molecule has 0 radical (unpaired) electrons. The predicted molar refractivity (Wildman–Crippen MR) is 96.7 cm³/mol. The number of halogens is 1. The van der Waals surface area contributed by atoms with Crippen LogP contribution < -0.4 is 15.4 Å². The Balaban J connectivity index is 0.00000264. The van der Waals surface area contributed by atoms with E-state index in [4.69, 9.17) is 4.74 Å². The molecular formula is C18H23ClN2O2. The molecule has 0 saturated carbocycles. The summed E-state index contributed by atoms with van der Waals surface area (Å²) in [7, 11) is 1.83. The fourth-order valence-corrected chi connectivity index (χ4v) is 2.05. The van der Waals surface area contributed by atoms with Gasteiger partial charge in [-0.05, 0) is 38.2 Å². The van der Waals surface area contributed by atoms with Crippen molar-refractivity contribution in [2.75, 3.05) is 18.9 Å². The number of para-hydroxylation sites is 2. The number of aryl methyl sites for hydroxylation is 1. The minimum absolute atomic E-state index is 0. The summed E-state index contributed by atoms with van der Waals surface area (Å²) in [4.78, 5) is 12.1. The largest absolute Gasteiger partial charge is 0.455 e. The van der Waals surface area contributed by atoms with Gasteiger partial charge in [-0.25, -0.2) is 0 Å². The van der Waals surface area contributed by atoms with Gasteiger partial charge in [0.25, 0.3) is 0 Å². The average Bonchev–Trinajstić information content (AvgIpc) is 2.51. The van der Waals surface area contributed by atoms with Gasteiger partial charge in [0.2, 0.25) is 5.91 Å². The molecule has 0 spiro atoms. The SMILES string of the molecule is CNCC(C)C(=O)Nc1ccccc1Oc1ccc(C)cc1.Cl. The highest BCUT2D eigenvalue weighted by Gasteiger charge is 2.14. The van der Waals surface area contributed by atoms with Crippen LogP contribution in [-0.4, -0.2) is 19.5 Å². The van der Waals surface area contributed by atoms with Crippen molar-refractivity contribution in [2.45, 2.75) is 13.8 Å². The topological polar surface area (TPSA) is 50.4 Å². The van der Waals surface area contributed by atoms with Crippen LogP contribution >= 0.6 is 12.4 Å². The van der Waals surface area contributed by atoms with Gasteiger partial charge in [0.1, 0.15) is 5.75 Å². The molecule has 2 aromatic rings. The lowest BCUT2D eigenvalue weighted by Crippen LogP contribution is -2.28. The number of nitrogens with one attached hydrogen (secondary N) is 2. The van der Waals surface area contributed by atoms with Crippen LogP contribution in [0.4, 0.5) is 5.69 Å². The van der Waals surface area contributed by atoms with Gasteiger partial charge < -0.3 is 15.4 Å². The number of hydrogen-bond acceptors (Lipinski definition) is 3. The molecule has 0 heterocycles. The highest BCUT2D eigenvalue weighted by Crippen LogP contribution is 2.29. The van der Waals surface area contributed by atoms with Crippen LogP contribution in [0, 0.1) is 12.8 Å². The Hall–Kier alpha value is -2.04. The zero-order valence-electron chi connectivity index (χ0n) is 13.6. The molecule has 0 aliphatic rings. The number of carbonyl (C=O) groups is 1. The van der Waals surface area contributed by atoms with Crippen LogP contribution in [0.5, 0.6) is 11.5 Å². The molecule has 1 amide bonds. The summed E-state index contributed by atoms with van der Waals surface area (Å²) in [6.07, 6.45) is 0. The van der Waals surface area contributed by atoms with E-state index in [1.165, 1.54) is 5.56 Å². The highest BCUT2D eigenvalue weighted by atomic mass is 35.5. The third kappa shape index (κ3) is 5.58. The van der Waals surface area contributed by atoms with Crippen molar-refractivity contribution in [3.63, 3.8) is 0 Å². The average molecular weight is 335 g/mol. The fourth-order valence-electron chi connectivity index (χ4n) is 2.05. The molecule has 124 valence electrons. The molecule has 5 heteroatoms. The van der Waals surface area contributed by atoms with E-state index in [9.17, 15) is 4.79 Å². The van der Waals surface area contributed by atoms with E-state index in [0.717, 1.165) is 5.75 Å². The van der Waals surface area contributed by atoms with Crippen LogP contribution in [0.15, 0.2) is 48.5 Å². The molecule has 0 aromatic heterocycles. The summed E-state index contributed by atoms with van der Waals surface area (Å²) < 4.78 is 5.87. The Morgan fingerprint density at radius 3 is 2.43 bits per heavy atom. The molecule has 2 rings (SSSR count). The molecular weight excluding hydrogens is 312 g/mol. The van der Waals surface area contributed by atoms with E-state index in [0.29, 0.717) is 18.0 Å². The zero-order chi connectivity index (χ0) is 15.9. The van der Waals surface area contributed by atoms with Crippen molar-refractivity contribution >= 4 is 24.0 Å². The standard InChI is InChI=1S/C18H22N2O2.ClH/c1-13-8-10-15(11-9-13)22-17-7-5-4-6-16(17)20-18(21)14(2)12-19-3;/h4-11,14,19H,12H2,1-3H3,(H,20,21);1H. The fraction of sp³-hybridized carbons (Fsp3) is 0.278. The molecule has 0 saturated heterocycles. The van der Waals surface area contributed by atoms with E-state index >= 15 is 0 Å². The van der Waals surface area contributed by atoms with Gasteiger partial charge in [0.15, 0.2) is 5.75 Å². The molecule has 2 N–H and O–H groups in total. The second kappa shape index (κ2) is 9.18. The maximum atomic E-state index is 12.1. The van der Waals surface area contributed by atoms with Gasteiger partial charge >= 0.3 is 0 Å². The number of ether oxygens (including phenoxy) is 1. The Bertz CT molecular complexity index is 629. The molecule has 0 aliphatic carbocycles. The minimum Gasteiger partial charge on any atom is -0.455 e. The van der Waals surface area contributed by atoms with Crippen LogP contribution in [0.2, 0.25) is 0 Å².